The van der Waals surface area contributed by atoms with E-state index in [0.717, 1.165) is 6.07 Å². The molecule has 0 saturated carbocycles. The number of carbonyl (C=O) groups is 2. The molecule has 1 amide bonds. The van der Waals surface area contributed by atoms with Gasteiger partial charge in [-0.05, 0) is 47.5 Å². The van der Waals surface area contributed by atoms with Crippen LogP contribution in [0.15, 0.2) is 72.6 Å². The Balaban J connectivity index is 1.88. The number of aromatic nitrogens is 1. The number of ether oxygens (including phenoxy) is 2. The Morgan fingerprint density at radius 1 is 1.09 bits per heavy atom. The second-order valence-electron chi connectivity index (χ2n) is 7.41. The number of hydrogen-bond donors (Lipinski definition) is 1. The number of aliphatic hydroxyl groups excluding tert-OH is 1. The molecule has 0 bridgehead atoms. The van der Waals surface area contributed by atoms with Crippen molar-refractivity contribution in [3.63, 3.8) is 0 Å². The van der Waals surface area contributed by atoms with Crippen LogP contribution in [0.3, 0.4) is 0 Å². The number of ketones is 1. The first-order valence-corrected chi connectivity index (χ1v) is 10.1. The van der Waals surface area contributed by atoms with Crippen LogP contribution in [0.2, 0.25) is 0 Å². The van der Waals surface area contributed by atoms with Crippen LogP contribution in [-0.4, -0.2) is 40.9 Å². The number of aliphatic hydroxyl groups is 1. The molecule has 8 heteroatoms. The van der Waals surface area contributed by atoms with Gasteiger partial charge in [0.2, 0.25) is 0 Å². The third kappa shape index (κ3) is 4.15. The Hall–Kier alpha value is -4.20. The van der Waals surface area contributed by atoms with Gasteiger partial charge in [0.15, 0.2) is 11.6 Å². The fourth-order valence-electron chi connectivity index (χ4n) is 3.86. The smallest absolute Gasteiger partial charge is 0.295 e. The number of hydrogen-bond acceptors (Lipinski definition) is 6. The van der Waals surface area contributed by atoms with E-state index < -0.39 is 29.3 Å². The number of amides is 1. The van der Waals surface area contributed by atoms with E-state index in [1.54, 1.807) is 48.8 Å². The molecule has 0 aliphatic carbocycles. The largest absolute Gasteiger partial charge is 0.507 e. The molecule has 4 rings (SSSR count). The lowest BCUT2D eigenvalue weighted by Gasteiger charge is -2.25. The van der Waals surface area contributed by atoms with Gasteiger partial charge in [0.25, 0.3) is 11.7 Å². The van der Waals surface area contributed by atoms with E-state index in [1.807, 2.05) is 0 Å². The summed E-state index contributed by atoms with van der Waals surface area (Å²) in [6, 6.07) is 13.3. The zero-order chi connectivity index (χ0) is 23.5. The van der Waals surface area contributed by atoms with Crippen molar-refractivity contribution in [1.82, 2.24) is 9.88 Å². The van der Waals surface area contributed by atoms with Crippen molar-refractivity contribution in [3.8, 4) is 11.5 Å². The second-order valence-corrected chi connectivity index (χ2v) is 7.41. The molecule has 33 heavy (non-hydrogen) atoms. The number of Topliss-reactive ketones (excluding diaryl/α,β-unsaturated/α-hetero) is 1. The topological polar surface area (TPSA) is 89.0 Å². The van der Waals surface area contributed by atoms with Gasteiger partial charge < -0.3 is 19.5 Å². The average molecular weight is 448 g/mol. The second kappa shape index (κ2) is 9.12. The Kier molecular flexibility index (Phi) is 6.08. The summed E-state index contributed by atoms with van der Waals surface area (Å²) in [5.74, 6) is -2.30. The number of carbonyl (C=O) groups excluding carboxylic acids is 2. The van der Waals surface area contributed by atoms with Gasteiger partial charge >= 0.3 is 0 Å². The lowest BCUT2D eigenvalue weighted by atomic mass is 9.95. The summed E-state index contributed by atoms with van der Waals surface area (Å²) in [4.78, 5) is 31.6. The molecular weight excluding hydrogens is 427 g/mol. The molecule has 3 aromatic rings. The summed E-state index contributed by atoms with van der Waals surface area (Å²) < 4.78 is 24.5. The van der Waals surface area contributed by atoms with Gasteiger partial charge in [0.1, 0.15) is 11.5 Å². The fraction of sp³-hybridized carbons (Fsp3) is 0.160. The molecule has 1 aliphatic rings. The monoisotopic (exact) mass is 448 g/mol. The van der Waals surface area contributed by atoms with E-state index >= 15 is 0 Å². The first-order valence-electron chi connectivity index (χ1n) is 10.1. The number of pyridine rings is 1. The number of methoxy groups -OCH3 is 2. The highest BCUT2D eigenvalue weighted by Crippen LogP contribution is 2.41. The maximum absolute atomic E-state index is 14.3. The van der Waals surface area contributed by atoms with E-state index in [1.165, 1.54) is 31.3 Å². The lowest BCUT2D eigenvalue weighted by molar-refractivity contribution is -0.140. The Bertz CT molecular complexity index is 1240. The molecule has 1 fully saturated rings. The van der Waals surface area contributed by atoms with Crippen molar-refractivity contribution < 1.29 is 28.6 Å². The van der Waals surface area contributed by atoms with Gasteiger partial charge in [-0.25, -0.2) is 4.39 Å². The van der Waals surface area contributed by atoms with Crippen molar-refractivity contribution in [2.45, 2.75) is 12.6 Å². The quantitative estimate of drug-likeness (QED) is 0.350. The molecule has 7 nitrogen and oxygen atoms in total. The lowest BCUT2D eigenvalue weighted by Crippen LogP contribution is -2.29. The van der Waals surface area contributed by atoms with Crippen LogP contribution in [0.1, 0.15) is 22.7 Å². The van der Waals surface area contributed by atoms with Crippen molar-refractivity contribution >= 4 is 17.4 Å². The zero-order valence-electron chi connectivity index (χ0n) is 18.0. The van der Waals surface area contributed by atoms with E-state index in [0.29, 0.717) is 16.9 Å². The molecule has 0 spiro atoms. The summed E-state index contributed by atoms with van der Waals surface area (Å²) in [5, 5.41) is 11.1. The van der Waals surface area contributed by atoms with Crippen LogP contribution in [0, 0.1) is 5.82 Å². The summed E-state index contributed by atoms with van der Waals surface area (Å²) in [5.41, 5.74) is 1.19. The standard InChI is InChI=1S/C25H21FN2O5/c1-32-18-7-3-6-16(11-18)22-21(23(29)17-8-9-20(33-2)19(26)12-17)24(30)25(31)28(22)14-15-5-4-10-27-13-15/h3-13,22,29H,14H2,1-2H3/t22-/m1/s1. The van der Waals surface area contributed by atoms with Gasteiger partial charge in [0.05, 0.1) is 25.8 Å². The van der Waals surface area contributed by atoms with Crippen LogP contribution in [0.25, 0.3) is 5.76 Å². The Morgan fingerprint density at radius 3 is 2.58 bits per heavy atom. The maximum Gasteiger partial charge on any atom is 0.295 e. The highest BCUT2D eigenvalue weighted by molar-refractivity contribution is 6.46. The minimum Gasteiger partial charge on any atom is -0.507 e. The molecule has 2 heterocycles. The Morgan fingerprint density at radius 2 is 1.91 bits per heavy atom. The molecule has 1 atom stereocenters. The third-order valence-corrected chi connectivity index (χ3v) is 5.45. The molecule has 0 unspecified atom stereocenters. The van der Waals surface area contributed by atoms with E-state index in [9.17, 15) is 19.1 Å². The number of nitrogens with zero attached hydrogens (tertiary/aromatic N) is 2. The summed E-state index contributed by atoms with van der Waals surface area (Å²) >= 11 is 0. The van der Waals surface area contributed by atoms with Gasteiger partial charge in [-0.15, -0.1) is 0 Å². The fourth-order valence-corrected chi connectivity index (χ4v) is 3.86. The number of halogens is 1. The van der Waals surface area contributed by atoms with Gasteiger partial charge in [-0.1, -0.05) is 18.2 Å². The number of likely N-dealkylation sites (tertiary alicyclic amines) is 1. The van der Waals surface area contributed by atoms with Gasteiger partial charge in [-0.3, -0.25) is 14.6 Å². The molecule has 1 aromatic heterocycles. The van der Waals surface area contributed by atoms with Crippen molar-refractivity contribution in [2.75, 3.05) is 14.2 Å². The minimum atomic E-state index is -0.912. The molecule has 1 N–H and O–H groups in total. The first-order chi connectivity index (χ1) is 15.9. The zero-order valence-corrected chi connectivity index (χ0v) is 18.0. The van der Waals surface area contributed by atoms with E-state index in [-0.39, 0.29) is 23.4 Å². The third-order valence-electron chi connectivity index (χ3n) is 5.45. The van der Waals surface area contributed by atoms with Crippen molar-refractivity contribution in [2.24, 2.45) is 0 Å². The molecule has 1 saturated heterocycles. The first kappa shape index (κ1) is 22.0. The predicted molar refractivity (Wildman–Crippen MR) is 118 cm³/mol. The van der Waals surface area contributed by atoms with Crippen LogP contribution >= 0.6 is 0 Å². The summed E-state index contributed by atoms with van der Waals surface area (Å²) in [6.07, 6.45) is 3.20. The van der Waals surface area contributed by atoms with Crippen LogP contribution < -0.4 is 9.47 Å². The summed E-state index contributed by atoms with van der Waals surface area (Å²) in [6.45, 7) is 0.0913. The molecular formula is C25H21FN2O5. The maximum atomic E-state index is 14.3. The molecule has 2 aromatic carbocycles. The predicted octanol–water partition coefficient (Wildman–Crippen LogP) is 3.86. The SMILES string of the molecule is COc1cccc([C@@H]2C(=C(O)c3ccc(OC)c(F)c3)C(=O)C(=O)N2Cc2cccnc2)c1. The van der Waals surface area contributed by atoms with E-state index in [2.05, 4.69) is 4.98 Å². The Labute approximate surface area is 189 Å². The highest BCUT2D eigenvalue weighted by Gasteiger charge is 2.46. The molecule has 0 radical (unpaired) electrons. The van der Waals surface area contributed by atoms with Crippen LogP contribution in [-0.2, 0) is 16.1 Å². The number of benzene rings is 2. The average Bonchev–Trinajstić information content (AvgIpc) is 3.09. The molecule has 168 valence electrons. The minimum absolute atomic E-state index is 0.00655. The number of rotatable bonds is 6. The molecule has 1 aliphatic heterocycles. The van der Waals surface area contributed by atoms with Gasteiger partial charge in [0, 0.05) is 24.5 Å². The van der Waals surface area contributed by atoms with Gasteiger partial charge in [-0.2, -0.15) is 0 Å². The summed E-state index contributed by atoms with van der Waals surface area (Å²) in [7, 11) is 2.83. The highest BCUT2D eigenvalue weighted by atomic mass is 19.1. The van der Waals surface area contributed by atoms with E-state index in [4.69, 9.17) is 9.47 Å². The van der Waals surface area contributed by atoms with Crippen molar-refractivity contribution in [1.29, 1.82) is 0 Å². The van der Waals surface area contributed by atoms with Crippen LogP contribution in [0.4, 0.5) is 4.39 Å². The van der Waals surface area contributed by atoms with Crippen molar-refractivity contribution in [3.05, 3.63) is 95.1 Å². The normalized spacial score (nSPS) is 17.3. The van der Waals surface area contributed by atoms with Crippen LogP contribution in [0.5, 0.6) is 11.5 Å².